The van der Waals surface area contributed by atoms with Crippen LogP contribution in [-0.2, 0) is 9.53 Å². The minimum absolute atomic E-state index is 0.0831. The first-order valence-corrected chi connectivity index (χ1v) is 8.71. The predicted octanol–water partition coefficient (Wildman–Crippen LogP) is 3.44. The summed E-state index contributed by atoms with van der Waals surface area (Å²) in [5.74, 6) is -1.53. The van der Waals surface area contributed by atoms with Crippen LogP contribution in [0.3, 0.4) is 0 Å². The average molecular weight is 375 g/mol. The van der Waals surface area contributed by atoms with Gasteiger partial charge in [0.1, 0.15) is 11.3 Å². The Bertz CT molecular complexity index is 802. The molecule has 6 nitrogen and oxygen atoms in total. The first-order valence-electron chi connectivity index (χ1n) is 8.33. The van der Waals surface area contributed by atoms with Gasteiger partial charge in [0, 0.05) is 29.5 Å². The van der Waals surface area contributed by atoms with Crippen LogP contribution in [-0.4, -0.2) is 36.7 Å². The molecule has 1 heterocycles. The third kappa shape index (κ3) is 4.46. The molecule has 0 atom stereocenters. The van der Waals surface area contributed by atoms with Gasteiger partial charge in [-0.3, -0.25) is 4.79 Å². The molecule has 2 aromatic rings. The number of hydrogen-bond donors (Lipinski definition) is 2. The Hall–Kier alpha value is -2.73. The lowest BCUT2D eigenvalue weighted by Gasteiger charge is -2.17. The maximum absolute atomic E-state index is 12.0. The van der Waals surface area contributed by atoms with Crippen LogP contribution in [0.2, 0.25) is 5.02 Å². The van der Waals surface area contributed by atoms with E-state index in [1.54, 1.807) is 0 Å². The molecule has 3 rings (SSSR count). The standard InChI is InChI=1S/C19H19ClN2O4/c20-13-3-8-17(23)16(11-13)19(25)26-12-18(24)21-14-4-6-15(7-5-14)22-9-1-2-10-22/h3-8,11,23H,1-2,9-10,12H2,(H,21,24). The number of esters is 1. The van der Waals surface area contributed by atoms with Crippen molar-refractivity contribution in [1.29, 1.82) is 0 Å². The SMILES string of the molecule is O=C(COC(=O)c1cc(Cl)ccc1O)Nc1ccc(N2CCCC2)cc1. The van der Waals surface area contributed by atoms with Crippen molar-refractivity contribution in [3.8, 4) is 5.75 Å². The Kier molecular flexibility index (Phi) is 5.63. The molecule has 0 unspecified atom stereocenters. The minimum Gasteiger partial charge on any atom is -0.507 e. The number of ether oxygens (including phenoxy) is 1. The number of nitrogens with zero attached hydrogens (tertiary/aromatic N) is 1. The van der Waals surface area contributed by atoms with Crippen molar-refractivity contribution >= 4 is 34.9 Å². The smallest absolute Gasteiger partial charge is 0.342 e. The Morgan fingerprint density at radius 1 is 1.12 bits per heavy atom. The van der Waals surface area contributed by atoms with Gasteiger partial charge < -0.3 is 20.1 Å². The molecule has 136 valence electrons. The molecule has 0 aromatic heterocycles. The molecule has 1 aliphatic rings. The van der Waals surface area contributed by atoms with Crippen molar-refractivity contribution < 1.29 is 19.4 Å². The number of nitrogens with one attached hydrogen (secondary N) is 1. The number of amides is 1. The van der Waals surface area contributed by atoms with Crippen LogP contribution in [0, 0.1) is 0 Å². The zero-order valence-electron chi connectivity index (χ0n) is 14.1. The quantitative estimate of drug-likeness (QED) is 0.784. The van der Waals surface area contributed by atoms with E-state index in [0.29, 0.717) is 5.69 Å². The molecular weight excluding hydrogens is 356 g/mol. The normalized spacial score (nSPS) is 13.5. The maximum atomic E-state index is 12.0. The fraction of sp³-hybridized carbons (Fsp3) is 0.263. The number of rotatable bonds is 5. The number of anilines is 2. The number of benzene rings is 2. The highest BCUT2D eigenvalue weighted by molar-refractivity contribution is 6.31. The van der Waals surface area contributed by atoms with Gasteiger partial charge in [0.25, 0.3) is 5.91 Å². The molecule has 2 N–H and O–H groups in total. The van der Waals surface area contributed by atoms with E-state index in [0.717, 1.165) is 18.8 Å². The van der Waals surface area contributed by atoms with E-state index in [1.165, 1.54) is 31.0 Å². The molecule has 0 aliphatic carbocycles. The van der Waals surface area contributed by atoms with Crippen LogP contribution < -0.4 is 10.2 Å². The zero-order chi connectivity index (χ0) is 18.5. The lowest BCUT2D eigenvalue weighted by molar-refractivity contribution is -0.119. The van der Waals surface area contributed by atoms with Gasteiger partial charge in [0.15, 0.2) is 6.61 Å². The summed E-state index contributed by atoms with van der Waals surface area (Å²) >= 11 is 5.79. The van der Waals surface area contributed by atoms with E-state index < -0.39 is 18.5 Å². The Morgan fingerprint density at radius 3 is 2.50 bits per heavy atom. The Morgan fingerprint density at radius 2 is 1.81 bits per heavy atom. The van der Waals surface area contributed by atoms with Gasteiger partial charge >= 0.3 is 5.97 Å². The molecule has 0 radical (unpaired) electrons. The molecule has 0 spiro atoms. The van der Waals surface area contributed by atoms with Crippen LogP contribution in [0.15, 0.2) is 42.5 Å². The van der Waals surface area contributed by atoms with E-state index in [-0.39, 0.29) is 16.3 Å². The van der Waals surface area contributed by atoms with E-state index in [2.05, 4.69) is 10.2 Å². The van der Waals surface area contributed by atoms with Gasteiger partial charge in [-0.15, -0.1) is 0 Å². The molecule has 2 aromatic carbocycles. The first-order chi connectivity index (χ1) is 12.5. The van der Waals surface area contributed by atoms with Crippen LogP contribution >= 0.6 is 11.6 Å². The molecule has 7 heteroatoms. The predicted molar refractivity (Wildman–Crippen MR) is 99.9 cm³/mol. The average Bonchev–Trinajstić information content (AvgIpc) is 3.17. The molecule has 1 saturated heterocycles. The van der Waals surface area contributed by atoms with E-state index in [9.17, 15) is 14.7 Å². The number of phenolic OH excluding ortho intramolecular Hbond substituents is 1. The second-order valence-corrected chi connectivity index (χ2v) is 6.46. The monoisotopic (exact) mass is 374 g/mol. The van der Waals surface area contributed by atoms with E-state index in [4.69, 9.17) is 16.3 Å². The highest BCUT2D eigenvalue weighted by atomic mass is 35.5. The van der Waals surface area contributed by atoms with Crippen LogP contribution in [0.25, 0.3) is 0 Å². The lowest BCUT2D eigenvalue weighted by atomic mass is 10.2. The van der Waals surface area contributed by atoms with Crippen LogP contribution in [0.5, 0.6) is 5.75 Å². The topological polar surface area (TPSA) is 78.9 Å². The fourth-order valence-electron chi connectivity index (χ4n) is 2.81. The van der Waals surface area contributed by atoms with Gasteiger partial charge in [-0.1, -0.05) is 11.6 Å². The Balaban J connectivity index is 1.52. The number of halogens is 1. The van der Waals surface area contributed by atoms with Crippen molar-refractivity contribution in [2.75, 3.05) is 29.9 Å². The molecule has 1 aliphatic heterocycles. The summed E-state index contributed by atoms with van der Waals surface area (Å²) in [6, 6.07) is 11.6. The fourth-order valence-corrected chi connectivity index (χ4v) is 2.98. The summed E-state index contributed by atoms with van der Waals surface area (Å²) in [4.78, 5) is 26.2. The Labute approximate surface area is 156 Å². The lowest BCUT2D eigenvalue weighted by Crippen LogP contribution is -2.21. The number of carbonyl (C=O) groups excluding carboxylic acids is 2. The van der Waals surface area contributed by atoms with Gasteiger partial charge in [0.2, 0.25) is 0 Å². The molecule has 1 amide bonds. The third-order valence-corrected chi connectivity index (χ3v) is 4.37. The van der Waals surface area contributed by atoms with E-state index in [1.807, 2.05) is 24.3 Å². The summed E-state index contributed by atoms with van der Waals surface area (Å²) in [5, 5.41) is 12.6. The number of hydrogen-bond acceptors (Lipinski definition) is 5. The highest BCUT2D eigenvalue weighted by Crippen LogP contribution is 2.23. The second-order valence-electron chi connectivity index (χ2n) is 6.03. The molecule has 0 saturated carbocycles. The summed E-state index contributed by atoms with van der Waals surface area (Å²) in [6.07, 6.45) is 2.40. The summed E-state index contributed by atoms with van der Waals surface area (Å²) in [7, 11) is 0. The van der Waals surface area contributed by atoms with E-state index >= 15 is 0 Å². The zero-order valence-corrected chi connectivity index (χ0v) is 14.8. The second kappa shape index (κ2) is 8.10. The third-order valence-electron chi connectivity index (χ3n) is 4.14. The van der Waals surface area contributed by atoms with Gasteiger partial charge in [0.05, 0.1) is 0 Å². The van der Waals surface area contributed by atoms with Crippen molar-refractivity contribution in [1.82, 2.24) is 0 Å². The van der Waals surface area contributed by atoms with Crippen molar-refractivity contribution in [2.24, 2.45) is 0 Å². The molecule has 1 fully saturated rings. The molecule has 0 bridgehead atoms. The number of phenols is 1. The van der Waals surface area contributed by atoms with Crippen molar-refractivity contribution in [3.63, 3.8) is 0 Å². The molecule has 26 heavy (non-hydrogen) atoms. The van der Waals surface area contributed by atoms with Crippen LogP contribution in [0.4, 0.5) is 11.4 Å². The maximum Gasteiger partial charge on any atom is 0.342 e. The van der Waals surface area contributed by atoms with Gasteiger partial charge in [-0.25, -0.2) is 4.79 Å². The number of carbonyl (C=O) groups is 2. The summed E-state index contributed by atoms with van der Waals surface area (Å²) < 4.78 is 4.93. The highest BCUT2D eigenvalue weighted by Gasteiger charge is 2.15. The van der Waals surface area contributed by atoms with Gasteiger partial charge in [-0.2, -0.15) is 0 Å². The van der Waals surface area contributed by atoms with Crippen molar-refractivity contribution in [3.05, 3.63) is 53.1 Å². The minimum atomic E-state index is -0.815. The summed E-state index contributed by atoms with van der Waals surface area (Å²) in [6.45, 7) is 1.65. The van der Waals surface area contributed by atoms with Crippen molar-refractivity contribution in [2.45, 2.75) is 12.8 Å². The first kappa shape index (κ1) is 18.1. The van der Waals surface area contributed by atoms with Crippen LogP contribution in [0.1, 0.15) is 23.2 Å². The largest absolute Gasteiger partial charge is 0.507 e. The molecular formula is C19H19ClN2O4. The number of aromatic hydroxyl groups is 1. The van der Waals surface area contributed by atoms with Gasteiger partial charge in [-0.05, 0) is 55.3 Å². The summed E-state index contributed by atoms with van der Waals surface area (Å²) in [5.41, 5.74) is 1.67.